The molecule has 0 aliphatic rings. The summed E-state index contributed by atoms with van der Waals surface area (Å²) in [6, 6.07) is 6.64. The van der Waals surface area contributed by atoms with Crippen LogP contribution in [0.4, 0.5) is 0 Å². The van der Waals surface area contributed by atoms with Crippen LogP contribution in [0.25, 0.3) is 6.08 Å². The number of nitrogens with zero attached hydrogens (tertiary/aromatic N) is 1. The van der Waals surface area contributed by atoms with E-state index in [0.717, 1.165) is 17.7 Å². The van der Waals surface area contributed by atoms with Gasteiger partial charge in [0, 0.05) is 30.9 Å². The molecular formula is C14H15N3O2. The molecule has 0 saturated heterocycles. The van der Waals surface area contributed by atoms with Crippen LogP contribution in [0.3, 0.4) is 0 Å². The zero-order valence-corrected chi connectivity index (χ0v) is 10.3. The first-order chi connectivity index (χ1) is 9.24. The van der Waals surface area contributed by atoms with Gasteiger partial charge in [-0.3, -0.25) is 4.79 Å². The smallest absolute Gasteiger partial charge is 0.244 e. The summed E-state index contributed by atoms with van der Waals surface area (Å²) in [5, 5.41) is 11.9. The van der Waals surface area contributed by atoms with Gasteiger partial charge in [0.1, 0.15) is 5.75 Å². The van der Waals surface area contributed by atoms with E-state index in [0.29, 0.717) is 6.54 Å². The molecule has 0 bridgehead atoms. The largest absolute Gasteiger partial charge is 0.508 e. The molecule has 2 aromatic rings. The maximum absolute atomic E-state index is 11.5. The van der Waals surface area contributed by atoms with Crippen molar-refractivity contribution in [2.75, 3.05) is 6.54 Å². The van der Waals surface area contributed by atoms with E-state index in [4.69, 9.17) is 5.11 Å². The van der Waals surface area contributed by atoms with Crippen LogP contribution in [-0.2, 0) is 11.2 Å². The third-order valence-electron chi connectivity index (χ3n) is 2.57. The Morgan fingerprint density at radius 1 is 1.37 bits per heavy atom. The van der Waals surface area contributed by atoms with E-state index >= 15 is 0 Å². The fourth-order valence-electron chi connectivity index (χ4n) is 1.56. The normalized spacial score (nSPS) is 10.7. The third kappa shape index (κ3) is 4.31. The molecule has 0 aliphatic carbocycles. The molecular weight excluding hydrogens is 242 g/mol. The SMILES string of the molecule is O=C(C=Cc1ccc(O)cc1)NCCc1cnc[nH]1. The average molecular weight is 257 g/mol. The Hall–Kier alpha value is -2.56. The highest BCUT2D eigenvalue weighted by Gasteiger charge is 1.97. The number of nitrogens with one attached hydrogen (secondary N) is 2. The summed E-state index contributed by atoms with van der Waals surface area (Å²) in [5.74, 6) is 0.0637. The lowest BCUT2D eigenvalue weighted by Crippen LogP contribution is -2.23. The van der Waals surface area contributed by atoms with Gasteiger partial charge in [0.05, 0.1) is 6.33 Å². The Labute approximate surface area is 111 Å². The van der Waals surface area contributed by atoms with Crippen molar-refractivity contribution in [1.29, 1.82) is 0 Å². The van der Waals surface area contributed by atoms with Gasteiger partial charge in [0.2, 0.25) is 5.91 Å². The summed E-state index contributed by atoms with van der Waals surface area (Å²) >= 11 is 0. The summed E-state index contributed by atoms with van der Waals surface area (Å²) in [5.41, 5.74) is 1.85. The van der Waals surface area contributed by atoms with Crippen LogP contribution in [0.5, 0.6) is 5.75 Å². The fourth-order valence-corrected chi connectivity index (χ4v) is 1.56. The lowest BCUT2D eigenvalue weighted by Gasteiger charge is -2.00. The van der Waals surface area contributed by atoms with Crippen molar-refractivity contribution >= 4 is 12.0 Å². The second-order valence-corrected chi connectivity index (χ2v) is 4.04. The molecule has 0 radical (unpaired) electrons. The first kappa shape index (κ1) is 12.9. The molecule has 0 aliphatic heterocycles. The number of imidazole rings is 1. The number of amides is 1. The van der Waals surface area contributed by atoms with Crippen molar-refractivity contribution in [2.24, 2.45) is 0 Å². The number of phenols is 1. The van der Waals surface area contributed by atoms with Gasteiger partial charge in [-0.1, -0.05) is 12.1 Å². The molecule has 0 saturated carbocycles. The number of carbonyl (C=O) groups is 1. The molecule has 5 heteroatoms. The Morgan fingerprint density at radius 3 is 2.84 bits per heavy atom. The summed E-state index contributed by atoms with van der Waals surface area (Å²) < 4.78 is 0. The van der Waals surface area contributed by atoms with Gasteiger partial charge in [0.25, 0.3) is 0 Å². The minimum Gasteiger partial charge on any atom is -0.508 e. The van der Waals surface area contributed by atoms with Crippen LogP contribution in [-0.4, -0.2) is 27.5 Å². The fraction of sp³-hybridized carbons (Fsp3) is 0.143. The van der Waals surface area contributed by atoms with Crippen molar-refractivity contribution in [3.8, 4) is 5.75 Å². The summed E-state index contributed by atoms with van der Waals surface area (Å²) in [4.78, 5) is 18.4. The van der Waals surface area contributed by atoms with Crippen molar-refractivity contribution in [3.63, 3.8) is 0 Å². The van der Waals surface area contributed by atoms with Crippen LogP contribution in [0.15, 0.2) is 42.9 Å². The van der Waals surface area contributed by atoms with Gasteiger partial charge < -0.3 is 15.4 Å². The zero-order chi connectivity index (χ0) is 13.5. The Kier molecular flexibility index (Phi) is 4.34. The average Bonchev–Trinajstić information content (AvgIpc) is 2.91. The number of aromatic amines is 1. The molecule has 0 unspecified atom stereocenters. The van der Waals surface area contributed by atoms with E-state index in [1.165, 1.54) is 6.08 Å². The molecule has 0 atom stereocenters. The van der Waals surface area contributed by atoms with E-state index < -0.39 is 0 Å². The first-order valence-corrected chi connectivity index (χ1v) is 5.96. The van der Waals surface area contributed by atoms with Crippen molar-refractivity contribution in [2.45, 2.75) is 6.42 Å². The van der Waals surface area contributed by atoms with Crippen LogP contribution < -0.4 is 5.32 Å². The number of H-pyrrole nitrogens is 1. The van der Waals surface area contributed by atoms with E-state index in [9.17, 15) is 4.79 Å². The van der Waals surface area contributed by atoms with E-state index in [1.54, 1.807) is 42.9 Å². The van der Waals surface area contributed by atoms with Crippen molar-refractivity contribution < 1.29 is 9.90 Å². The molecule has 98 valence electrons. The lowest BCUT2D eigenvalue weighted by molar-refractivity contribution is -0.116. The van der Waals surface area contributed by atoms with Crippen LogP contribution in [0.1, 0.15) is 11.3 Å². The number of carbonyl (C=O) groups excluding carboxylic acids is 1. The number of benzene rings is 1. The number of aromatic hydroxyl groups is 1. The van der Waals surface area contributed by atoms with Gasteiger partial charge in [-0.25, -0.2) is 4.98 Å². The summed E-state index contributed by atoms with van der Waals surface area (Å²) in [6.45, 7) is 0.556. The molecule has 1 heterocycles. The molecule has 19 heavy (non-hydrogen) atoms. The predicted octanol–water partition coefficient (Wildman–Crippen LogP) is 1.49. The van der Waals surface area contributed by atoms with Gasteiger partial charge in [-0.15, -0.1) is 0 Å². The lowest BCUT2D eigenvalue weighted by atomic mass is 10.2. The molecule has 1 amide bonds. The quantitative estimate of drug-likeness (QED) is 0.710. The number of hydrogen-bond donors (Lipinski definition) is 3. The van der Waals surface area contributed by atoms with E-state index in [1.807, 2.05) is 0 Å². The minimum absolute atomic E-state index is 0.146. The number of phenolic OH excluding ortho intramolecular Hbond substituents is 1. The molecule has 0 spiro atoms. The highest BCUT2D eigenvalue weighted by molar-refractivity contribution is 5.91. The topological polar surface area (TPSA) is 78.0 Å². The monoisotopic (exact) mass is 257 g/mol. The summed E-state index contributed by atoms with van der Waals surface area (Å²) in [7, 11) is 0. The van der Waals surface area contributed by atoms with Gasteiger partial charge in [0.15, 0.2) is 0 Å². The molecule has 2 rings (SSSR count). The Bertz CT molecular complexity index is 545. The van der Waals surface area contributed by atoms with E-state index in [2.05, 4.69) is 15.3 Å². The molecule has 1 aromatic heterocycles. The molecule has 1 aromatic carbocycles. The Morgan fingerprint density at radius 2 is 2.16 bits per heavy atom. The third-order valence-corrected chi connectivity index (χ3v) is 2.57. The predicted molar refractivity (Wildman–Crippen MR) is 72.4 cm³/mol. The standard InChI is InChI=1S/C14H15N3O2/c18-13-4-1-11(2-5-13)3-6-14(19)16-8-7-12-9-15-10-17-12/h1-6,9-10,18H,7-8H2,(H,15,17)(H,16,19). The number of aromatic nitrogens is 2. The molecule has 3 N–H and O–H groups in total. The first-order valence-electron chi connectivity index (χ1n) is 5.96. The maximum atomic E-state index is 11.5. The van der Waals surface area contributed by atoms with Gasteiger partial charge in [-0.05, 0) is 23.8 Å². The number of hydrogen-bond acceptors (Lipinski definition) is 3. The van der Waals surface area contributed by atoms with Gasteiger partial charge in [-0.2, -0.15) is 0 Å². The van der Waals surface area contributed by atoms with Crippen molar-refractivity contribution in [3.05, 3.63) is 54.1 Å². The zero-order valence-electron chi connectivity index (χ0n) is 10.3. The highest BCUT2D eigenvalue weighted by Crippen LogP contribution is 2.10. The molecule has 5 nitrogen and oxygen atoms in total. The summed E-state index contributed by atoms with van der Waals surface area (Å²) in [6.07, 6.45) is 7.24. The number of rotatable bonds is 5. The van der Waals surface area contributed by atoms with Crippen LogP contribution in [0, 0.1) is 0 Å². The second kappa shape index (κ2) is 6.39. The van der Waals surface area contributed by atoms with Gasteiger partial charge >= 0.3 is 0 Å². The highest BCUT2D eigenvalue weighted by atomic mass is 16.3. The van der Waals surface area contributed by atoms with Crippen LogP contribution >= 0.6 is 0 Å². The molecule has 0 fully saturated rings. The maximum Gasteiger partial charge on any atom is 0.244 e. The van der Waals surface area contributed by atoms with Crippen molar-refractivity contribution in [1.82, 2.24) is 15.3 Å². The Balaban J connectivity index is 1.76. The second-order valence-electron chi connectivity index (χ2n) is 4.04. The minimum atomic E-state index is -0.146. The van der Waals surface area contributed by atoms with Crippen LogP contribution in [0.2, 0.25) is 0 Å². The van der Waals surface area contributed by atoms with E-state index in [-0.39, 0.29) is 11.7 Å².